The molecule has 3 nitrogen and oxygen atoms in total. The van der Waals surface area contributed by atoms with Gasteiger partial charge < -0.3 is 10.5 Å². The summed E-state index contributed by atoms with van der Waals surface area (Å²) < 4.78 is 5.83. The van der Waals surface area contributed by atoms with Crippen LogP contribution in [0.25, 0.3) is 0 Å². The van der Waals surface area contributed by atoms with Gasteiger partial charge in [-0.15, -0.1) is 6.42 Å². The van der Waals surface area contributed by atoms with Gasteiger partial charge in [-0.3, -0.25) is 4.79 Å². The highest BCUT2D eigenvalue weighted by Crippen LogP contribution is 2.30. The Morgan fingerprint density at radius 3 is 2.57 bits per heavy atom. The predicted octanol–water partition coefficient (Wildman–Crippen LogP) is 3.49. The first-order valence-electron chi connectivity index (χ1n) is 7.67. The van der Waals surface area contributed by atoms with E-state index in [0.717, 1.165) is 23.3 Å². The summed E-state index contributed by atoms with van der Waals surface area (Å²) in [4.78, 5) is 11.5. The quantitative estimate of drug-likeness (QED) is 0.796. The van der Waals surface area contributed by atoms with Crippen molar-refractivity contribution in [2.75, 3.05) is 0 Å². The summed E-state index contributed by atoms with van der Waals surface area (Å²) in [6.07, 6.45) is 6.21. The van der Waals surface area contributed by atoms with E-state index in [1.54, 1.807) is 0 Å². The topological polar surface area (TPSA) is 52.3 Å². The molecule has 0 radical (unpaired) electrons. The summed E-state index contributed by atoms with van der Waals surface area (Å²) in [5.41, 5.74) is 7.49. The molecule has 2 N–H and O–H groups in total. The number of terminal acetylenes is 1. The Balaban J connectivity index is 2.15. The first-order chi connectivity index (χ1) is 11.2. The van der Waals surface area contributed by atoms with Crippen LogP contribution in [-0.2, 0) is 11.4 Å². The molecule has 0 saturated carbocycles. The Bertz CT molecular complexity index is 688. The standard InChI is InChI=1S/C20H21NO2/c1-3-18(19(4-2)20(21)22)16-11-8-12-17(13-16)23-14-15-9-6-5-7-10-15/h2,5-13,18-19H,3,14H2,1H3,(H2,21,22)/t18-,19+/m0/s1. The van der Waals surface area contributed by atoms with Crippen molar-refractivity contribution in [2.24, 2.45) is 11.7 Å². The van der Waals surface area contributed by atoms with E-state index in [1.165, 1.54) is 0 Å². The van der Waals surface area contributed by atoms with Crippen molar-refractivity contribution in [3.63, 3.8) is 0 Å². The second-order valence-electron chi connectivity index (χ2n) is 5.41. The first-order valence-corrected chi connectivity index (χ1v) is 7.67. The third-order valence-corrected chi connectivity index (χ3v) is 3.86. The highest BCUT2D eigenvalue weighted by Gasteiger charge is 2.24. The Morgan fingerprint density at radius 2 is 1.96 bits per heavy atom. The van der Waals surface area contributed by atoms with Gasteiger partial charge in [0.15, 0.2) is 0 Å². The fraction of sp³-hybridized carbons (Fsp3) is 0.250. The maximum atomic E-state index is 11.5. The minimum absolute atomic E-state index is 0.0993. The number of carbonyl (C=O) groups is 1. The van der Waals surface area contributed by atoms with Crippen molar-refractivity contribution in [3.8, 4) is 18.1 Å². The molecular weight excluding hydrogens is 286 g/mol. The van der Waals surface area contributed by atoms with E-state index in [-0.39, 0.29) is 5.92 Å². The number of hydrogen-bond acceptors (Lipinski definition) is 2. The molecule has 118 valence electrons. The molecule has 23 heavy (non-hydrogen) atoms. The molecule has 0 aliphatic heterocycles. The van der Waals surface area contributed by atoms with E-state index in [0.29, 0.717) is 6.61 Å². The van der Waals surface area contributed by atoms with Gasteiger partial charge in [-0.2, -0.15) is 0 Å². The van der Waals surface area contributed by atoms with Crippen LogP contribution in [-0.4, -0.2) is 5.91 Å². The molecule has 0 spiro atoms. The highest BCUT2D eigenvalue weighted by atomic mass is 16.5. The van der Waals surface area contributed by atoms with Gasteiger partial charge in [0.25, 0.3) is 0 Å². The van der Waals surface area contributed by atoms with Gasteiger partial charge in [-0.1, -0.05) is 55.3 Å². The van der Waals surface area contributed by atoms with Gasteiger partial charge >= 0.3 is 0 Å². The zero-order valence-corrected chi connectivity index (χ0v) is 13.2. The van der Waals surface area contributed by atoms with E-state index in [2.05, 4.69) is 5.92 Å². The third-order valence-electron chi connectivity index (χ3n) is 3.86. The van der Waals surface area contributed by atoms with Crippen molar-refractivity contribution in [1.82, 2.24) is 0 Å². The maximum absolute atomic E-state index is 11.5. The normalized spacial score (nSPS) is 12.9. The van der Waals surface area contributed by atoms with Crippen LogP contribution in [0.15, 0.2) is 54.6 Å². The van der Waals surface area contributed by atoms with Gasteiger partial charge in [0.1, 0.15) is 18.3 Å². The van der Waals surface area contributed by atoms with E-state index >= 15 is 0 Å². The number of rotatable bonds is 7. The SMILES string of the molecule is C#C[C@@H](C(N)=O)[C@@H](CC)c1cccc(OCc2ccccc2)c1. The van der Waals surface area contributed by atoms with Crippen LogP contribution >= 0.6 is 0 Å². The van der Waals surface area contributed by atoms with Gasteiger partial charge in [-0.05, 0) is 29.7 Å². The summed E-state index contributed by atoms with van der Waals surface area (Å²) in [5, 5.41) is 0. The van der Waals surface area contributed by atoms with Crippen LogP contribution in [0.1, 0.15) is 30.4 Å². The number of ether oxygens (including phenoxy) is 1. The van der Waals surface area contributed by atoms with Gasteiger partial charge in [0, 0.05) is 5.92 Å². The van der Waals surface area contributed by atoms with Gasteiger partial charge in [0.2, 0.25) is 5.91 Å². The monoisotopic (exact) mass is 307 g/mol. The molecule has 0 bridgehead atoms. The Kier molecular flexibility index (Phi) is 5.82. The molecule has 0 aliphatic rings. The lowest BCUT2D eigenvalue weighted by Crippen LogP contribution is -2.27. The van der Waals surface area contributed by atoms with Crippen LogP contribution in [0.2, 0.25) is 0 Å². The number of amides is 1. The number of hydrogen-bond donors (Lipinski definition) is 1. The molecule has 0 saturated heterocycles. The predicted molar refractivity (Wildman–Crippen MR) is 91.8 cm³/mol. The van der Waals surface area contributed by atoms with E-state index in [4.69, 9.17) is 16.9 Å². The minimum Gasteiger partial charge on any atom is -0.489 e. The second kappa shape index (κ2) is 8.05. The number of nitrogens with two attached hydrogens (primary N) is 1. The van der Waals surface area contributed by atoms with Crippen molar-refractivity contribution in [2.45, 2.75) is 25.9 Å². The van der Waals surface area contributed by atoms with Crippen molar-refractivity contribution in [3.05, 3.63) is 65.7 Å². The number of benzene rings is 2. The van der Waals surface area contributed by atoms with Crippen LogP contribution in [0.5, 0.6) is 5.75 Å². The zero-order valence-electron chi connectivity index (χ0n) is 13.2. The minimum atomic E-state index is -0.607. The molecule has 0 aromatic heterocycles. The Hall–Kier alpha value is -2.73. The lowest BCUT2D eigenvalue weighted by atomic mass is 9.84. The molecule has 2 atom stereocenters. The van der Waals surface area contributed by atoms with Crippen LogP contribution in [0.4, 0.5) is 0 Å². The molecule has 3 heteroatoms. The van der Waals surface area contributed by atoms with Crippen LogP contribution < -0.4 is 10.5 Å². The maximum Gasteiger partial charge on any atom is 0.233 e. The molecule has 2 rings (SSSR count). The largest absolute Gasteiger partial charge is 0.489 e. The molecule has 2 aromatic carbocycles. The average molecular weight is 307 g/mol. The van der Waals surface area contributed by atoms with Gasteiger partial charge in [-0.25, -0.2) is 0 Å². The summed E-state index contributed by atoms with van der Waals surface area (Å²) in [6, 6.07) is 17.7. The van der Waals surface area contributed by atoms with E-state index in [9.17, 15) is 4.79 Å². The van der Waals surface area contributed by atoms with Gasteiger partial charge in [0.05, 0.1) is 0 Å². The summed E-state index contributed by atoms with van der Waals surface area (Å²) in [5.74, 6) is 2.10. The van der Waals surface area contributed by atoms with Crippen LogP contribution in [0, 0.1) is 18.3 Å². The Labute approximate surface area is 137 Å². The second-order valence-corrected chi connectivity index (χ2v) is 5.41. The van der Waals surface area contributed by atoms with Crippen molar-refractivity contribution in [1.29, 1.82) is 0 Å². The fourth-order valence-electron chi connectivity index (χ4n) is 2.64. The molecule has 0 unspecified atom stereocenters. The smallest absolute Gasteiger partial charge is 0.233 e. The highest BCUT2D eigenvalue weighted by molar-refractivity contribution is 5.80. The van der Waals surface area contributed by atoms with Crippen LogP contribution in [0.3, 0.4) is 0 Å². The molecule has 0 aliphatic carbocycles. The van der Waals surface area contributed by atoms with E-state index < -0.39 is 11.8 Å². The average Bonchev–Trinajstić information content (AvgIpc) is 2.58. The lowest BCUT2D eigenvalue weighted by molar-refractivity contribution is -0.120. The summed E-state index contributed by atoms with van der Waals surface area (Å²) in [7, 11) is 0. The molecule has 1 amide bonds. The summed E-state index contributed by atoms with van der Waals surface area (Å²) in [6.45, 7) is 2.49. The number of carbonyl (C=O) groups excluding carboxylic acids is 1. The number of primary amides is 1. The molecule has 0 fully saturated rings. The fourth-order valence-corrected chi connectivity index (χ4v) is 2.64. The van der Waals surface area contributed by atoms with Crippen molar-refractivity contribution >= 4 is 5.91 Å². The zero-order chi connectivity index (χ0) is 16.7. The van der Waals surface area contributed by atoms with Crippen molar-refractivity contribution < 1.29 is 9.53 Å². The molecule has 0 heterocycles. The molecular formula is C20H21NO2. The summed E-state index contributed by atoms with van der Waals surface area (Å²) >= 11 is 0. The first kappa shape index (κ1) is 16.6. The van der Waals surface area contributed by atoms with E-state index in [1.807, 2.05) is 61.5 Å². The molecule has 2 aromatic rings. The third kappa shape index (κ3) is 4.37. The Morgan fingerprint density at radius 1 is 1.22 bits per heavy atom. The lowest BCUT2D eigenvalue weighted by Gasteiger charge is -2.20.